The molecule has 1 aromatic rings. The van der Waals surface area contributed by atoms with Crippen LogP contribution in [-0.4, -0.2) is 80.6 Å². The van der Waals surface area contributed by atoms with Crippen molar-refractivity contribution in [3.8, 4) is 0 Å². The summed E-state index contributed by atoms with van der Waals surface area (Å²) >= 11 is 0. The Balaban J connectivity index is 1.61. The van der Waals surface area contributed by atoms with Crippen LogP contribution in [0.15, 0.2) is 29.2 Å². The fourth-order valence-electron chi connectivity index (χ4n) is 4.28. The molecular weight excluding hydrogens is 464 g/mol. The molecule has 1 aromatic carbocycles. The molecule has 1 atom stereocenters. The van der Waals surface area contributed by atoms with Crippen LogP contribution in [0.2, 0.25) is 0 Å². The van der Waals surface area contributed by atoms with E-state index in [1.807, 2.05) is 0 Å². The lowest BCUT2D eigenvalue weighted by Crippen LogP contribution is -2.49. The number of carbonyl (C=O) groups excluding carboxylic acids is 4. The zero-order chi connectivity index (χ0) is 24.9. The maximum atomic E-state index is 13.2. The average Bonchev–Trinajstić information content (AvgIpc) is 2.86. The third-order valence-corrected chi connectivity index (χ3v) is 8.24. The average molecular weight is 495 g/mol. The molecule has 1 unspecified atom stereocenters. The summed E-state index contributed by atoms with van der Waals surface area (Å²) in [6, 6.07) is 4.56. The summed E-state index contributed by atoms with van der Waals surface area (Å²) in [6.45, 7) is 1.78. The van der Waals surface area contributed by atoms with Crippen LogP contribution in [0.4, 0.5) is 0 Å². The summed E-state index contributed by atoms with van der Waals surface area (Å²) in [5.74, 6) is -1.87. The molecule has 2 aliphatic rings. The second-order valence-electron chi connectivity index (χ2n) is 8.49. The molecule has 0 N–H and O–H groups in total. The fraction of sp³-hybridized carbons (Fsp3) is 0.565. The van der Waals surface area contributed by atoms with E-state index >= 15 is 0 Å². The van der Waals surface area contributed by atoms with Crippen molar-refractivity contribution in [1.82, 2.24) is 9.21 Å². The summed E-state index contributed by atoms with van der Waals surface area (Å²) in [7, 11) is -2.66. The molecule has 2 aliphatic heterocycles. The van der Waals surface area contributed by atoms with Gasteiger partial charge in [0.25, 0.3) is 5.91 Å². The van der Waals surface area contributed by atoms with Crippen LogP contribution >= 0.6 is 0 Å². The summed E-state index contributed by atoms with van der Waals surface area (Å²) in [4.78, 5) is 49.9. The molecule has 2 fully saturated rings. The molecule has 34 heavy (non-hydrogen) atoms. The van der Waals surface area contributed by atoms with Crippen LogP contribution in [0.1, 0.15) is 49.4 Å². The van der Waals surface area contributed by atoms with Gasteiger partial charge in [-0.3, -0.25) is 19.2 Å². The van der Waals surface area contributed by atoms with Gasteiger partial charge >= 0.3 is 11.9 Å². The summed E-state index contributed by atoms with van der Waals surface area (Å²) in [5, 5.41) is 0. The highest BCUT2D eigenvalue weighted by Crippen LogP contribution is 2.27. The molecule has 3 rings (SSSR count). The molecule has 2 saturated heterocycles. The molecular formula is C23H30N2O8S. The molecule has 186 valence electrons. The first kappa shape index (κ1) is 25.8. The SMILES string of the molecule is COC(=O)C1CCN(C(=O)COC(=O)C2CCCCN2S(=O)(=O)c2ccc(C(C)=O)cc2)CC1. The van der Waals surface area contributed by atoms with Crippen molar-refractivity contribution >= 4 is 33.7 Å². The molecule has 0 spiro atoms. The second kappa shape index (κ2) is 11.1. The number of hydrogen-bond donors (Lipinski definition) is 0. The van der Waals surface area contributed by atoms with Gasteiger partial charge in [0, 0.05) is 25.2 Å². The van der Waals surface area contributed by atoms with Gasteiger partial charge in [-0.15, -0.1) is 0 Å². The third kappa shape index (κ3) is 5.82. The fourth-order valence-corrected chi connectivity index (χ4v) is 5.92. The van der Waals surface area contributed by atoms with Crippen LogP contribution in [0.5, 0.6) is 0 Å². The minimum atomic E-state index is -3.99. The van der Waals surface area contributed by atoms with Crippen molar-refractivity contribution in [3.63, 3.8) is 0 Å². The standard InChI is InChI=1S/C23H30N2O8S/c1-16(26)17-6-8-19(9-7-17)34(30,31)25-12-4-3-5-20(25)23(29)33-15-21(27)24-13-10-18(11-14-24)22(28)32-2/h6-9,18,20H,3-5,10-15H2,1-2H3. The Morgan fingerprint density at radius 1 is 0.941 bits per heavy atom. The molecule has 10 nitrogen and oxygen atoms in total. The van der Waals surface area contributed by atoms with Crippen molar-refractivity contribution in [2.45, 2.75) is 50.0 Å². The van der Waals surface area contributed by atoms with Gasteiger partial charge in [-0.1, -0.05) is 12.1 Å². The molecule has 11 heteroatoms. The largest absolute Gasteiger partial charge is 0.469 e. The van der Waals surface area contributed by atoms with Gasteiger partial charge < -0.3 is 14.4 Å². The summed E-state index contributed by atoms with van der Waals surface area (Å²) in [6.07, 6.45) is 2.50. The van der Waals surface area contributed by atoms with Crippen LogP contribution in [0.3, 0.4) is 0 Å². The lowest BCUT2D eigenvalue weighted by atomic mass is 9.97. The number of benzene rings is 1. The quantitative estimate of drug-likeness (QED) is 0.411. The topological polar surface area (TPSA) is 127 Å². The number of esters is 2. The van der Waals surface area contributed by atoms with Crippen LogP contribution < -0.4 is 0 Å². The number of piperidine rings is 2. The smallest absolute Gasteiger partial charge is 0.324 e. The highest BCUT2D eigenvalue weighted by Gasteiger charge is 2.39. The molecule has 0 radical (unpaired) electrons. The van der Waals surface area contributed by atoms with Crippen LogP contribution in [0, 0.1) is 5.92 Å². The number of nitrogens with zero attached hydrogens (tertiary/aromatic N) is 2. The maximum absolute atomic E-state index is 13.2. The van der Waals surface area contributed by atoms with E-state index in [4.69, 9.17) is 9.47 Å². The van der Waals surface area contributed by atoms with E-state index in [1.165, 1.54) is 43.2 Å². The number of methoxy groups -OCH3 is 1. The molecule has 0 aromatic heterocycles. The number of rotatable bonds is 7. The van der Waals surface area contributed by atoms with Gasteiger partial charge in [0.05, 0.1) is 17.9 Å². The van der Waals surface area contributed by atoms with Crippen LogP contribution in [0.25, 0.3) is 0 Å². The minimum Gasteiger partial charge on any atom is -0.469 e. The number of sulfonamides is 1. The first-order valence-corrected chi connectivity index (χ1v) is 12.7. The van der Waals surface area contributed by atoms with Gasteiger partial charge in [0.15, 0.2) is 12.4 Å². The number of Topliss-reactive ketones (excluding diaryl/α,β-unsaturated/α-hetero) is 1. The maximum Gasteiger partial charge on any atom is 0.324 e. The highest BCUT2D eigenvalue weighted by molar-refractivity contribution is 7.89. The minimum absolute atomic E-state index is 0.0123. The zero-order valence-electron chi connectivity index (χ0n) is 19.4. The number of likely N-dealkylation sites (tertiary alicyclic amines) is 1. The van der Waals surface area contributed by atoms with Gasteiger partial charge in [-0.25, -0.2) is 8.42 Å². The zero-order valence-corrected chi connectivity index (χ0v) is 20.2. The first-order valence-electron chi connectivity index (χ1n) is 11.3. The predicted molar refractivity (Wildman–Crippen MR) is 120 cm³/mol. The van der Waals surface area contributed by atoms with Gasteiger partial charge in [0.2, 0.25) is 10.0 Å². The van der Waals surface area contributed by atoms with E-state index in [0.29, 0.717) is 50.8 Å². The molecule has 0 bridgehead atoms. The van der Waals surface area contributed by atoms with Crippen molar-refractivity contribution < 1.29 is 37.1 Å². The number of amides is 1. The van der Waals surface area contributed by atoms with Crippen molar-refractivity contribution in [3.05, 3.63) is 29.8 Å². The Bertz CT molecular complexity index is 1030. The van der Waals surface area contributed by atoms with E-state index in [2.05, 4.69) is 0 Å². The number of ketones is 1. The molecule has 0 saturated carbocycles. The lowest BCUT2D eigenvalue weighted by Gasteiger charge is -2.33. The number of carbonyl (C=O) groups is 4. The second-order valence-corrected chi connectivity index (χ2v) is 10.4. The van der Waals surface area contributed by atoms with Gasteiger partial charge in [-0.05, 0) is 51.2 Å². The Morgan fingerprint density at radius 2 is 1.59 bits per heavy atom. The molecule has 1 amide bonds. The Labute approximate surface area is 199 Å². The van der Waals surface area contributed by atoms with E-state index in [9.17, 15) is 27.6 Å². The first-order chi connectivity index (χ1) is 16.1. The summed E-state index contributed by atoms with van der Waals surface area (Å²) in [5.41, 5.74) is 0.391. The van der Waals surface area contributed by atoms with Gasteiger partial charge in [-0.2, -0.15) is 4.31 Å². The predicted octanol–water partition coefficient (Wildman–Crippen LogP) is 1.39. The summed E-state index contributed by atoms with van der Waals surface area (Å²) < 4.78 is 37.5. The van der Waals surface area contributed by atoms with Crippen molar-refractivity contribution in [2.75, 3.05) is 33.4 Å². The molecule has 2 heterocycles. The highest BCUT2D eigenvalue weighted by atomic mass is 32.2. The number of hydrogen-bond acceptors (Lipinski definition) is 8. The van der Waals surface area contributed by atoms with Crippen LogP contribution in [-0.2, 0) is 33.9 Å². The van der Waals surface area contributed by atoms with E-state index in [1.54, 1.807) is 0 Å². The molecule has 0 aliphatic carbocycles. The van der Waals surface area contributed by atoms with Crippen molar-refractivity contribution in [1.29, 1.82) is 0 Å². The Hall–Kier alpha value is -2.79. The van der Waals surface area contributed by atoms with E-state index in [-0.39, 0.29) is 35.0 Å². The third-order valence-electron chi connectivity index (χ3n) is 6.31. The number of ether oxygens (including phenoxy) is 2. The lowest BCUT2D eigenvalue weighted by molar-refractivity contribution is -0.157. The Morgan fingerprint density at radius 3 is 2.18 bits per heavy atom. The normalized spacial score (nSPS) is 19.9. The van der Waals surface area contributed by atoms with Gasteiger partial charge in [0.1, 0.15) is 6.04 Å². The Kier molecular flexibility index (Phi) is 8.42. The van der Waals surface area contributed by atoms with Crippen molar-refractivity contribution in [2.24, 2.45) is 5.92 Å². The van der Waals surface area contributed by atoms with E-state index < -0.39 is 28.6 Å². The monoisotopic (exact) mass is 494 g/mol. The van der Waals surface area contributed by atoms with E-state index in [0.717, 1.165) is 4.31 Å².